The molecule has 9 nitrogen and oxygen atoms in total. The van der Waals surface area contributed by atoms with Gasteiger partial charge < -0.3 is 14.8 Å². The molecule has 1 aliphatic heterocycles. The number of carbonyl (C=O) groups is 4. The number of hydrazine groups is 1. The van der Waals surface area contributed by atoms with Gasteiger partial charge in [0.05, 0.1) is 0 Å². The number of esters is 1. The molecule has 1 aliphatic rings. The van der Waals surface area contributed by atoms with Gasteiger partial charge in [-0.3, -0.25) is 15.0 Å². The zero-order valence-corrected chi connectivity index (χ0v) is 14.6. The number of ether oxygens (including phenoxy) is 2. The topological polar surface area (TPSA) is 114 Å². The minimum atomic E-state index is -1.13. The van der Waals surface area contributed by atoms with Gasteiger partial charge in [0.25, 0.3) is 11.8 Å². The molecule has 0 radical (unpaired) electrons. The van der Waals surface area contributed by atoms with Crippen LogP contribution in [0, 0.1) is 0 Å². The normalized spacial score (nSPS) is 19.2. The molecule has 0 bridgehead atoms. The number of nitrogens with one attached hydrogen (secondary N) is 2. The summed E-state index contributed by atoms with van der Waals surface area (Å²) in [4.78, 5) is 47.5. The lowest BCUT2D eigenvalue weighted by atomic mass is 9.93. The Hall–Kier alpha value is -2.94. The monoisotopic (exact) mass is 363 g/mol. The Kier molecular flexibility index (Phi) is 6.29. The van der Waals surface area contributed by atoms with Crippen LogP contribution in [0.4, 0.5) is 4.79 Å². The van der Waals surface area contributed by atoms with Gasteiger partial charge >= 0.3 is 12.0 Å². The number of nitrogens with zero attached hydrogens (tertiary/aromatic N) is 1. The van der Waals surface area contributed by atoms with Gasteiger partial charge in [0.2, 0.25) is 0 Å². The Morgan fingerprint density at radius 1 is 1.19 bits per heavy atom. The van der Waals surface area contributed by atoms with E-state index in [1.54, 1.807) is 6.92 Å². The van der Waals surface area contributed by atoms with E-state index in [-0.39, 0.29) is 6.61 Å². The number of methoxy groups -OCH3 is 1. The minimum absolute atomic E-state index is 0.298. The number of imide groups is 1. The summed E-state index contributed by atoms with van der Waals surface area (Å²) < 4.78 is 9.20. The van der Waals surface area contributed by atoms with Crippen LogP contribution in [0.2, 0.25) is 0 Å². The number of amides is 4. The third-order valence-corrected chi connectivity index (χ3v) is 3.88. The van der Waals surface area contributed by atoms with Crippen LogP contribution in [0.1, 0.15) is 18.9 Å². The number of aryl methyl sites for hydroxylation is 1. The summed E-state index contributed by atoms with van der Waals surface area (Å²) in [5, 5.41) is 3.19. The zero-order chi connectivity index (χ0) is 19.2. The van der Waals surface area contributed by atoms with Gasteiger partial charge in [0.1, 0.15) is 12.1 Å². The molecule has 26 heavy (non-hydrogen) atoms. The van der Waals surface area contributed by atoms with Crippen molar-refractivity contribution in [3.8, 4) is 0 Å². The molecule has 0 aromatic heterocycles. The smallest absolute Gasteiger partial charge is 0.344 e. The molecule has 4 amide bonds. The van der Waals surface area contributed by atoms with Crippen molar-refractivity contribution in [2.24, 2.45) is 0 Å². The van der Waals surface area contributed by atoms with Crippen LogP contribution in [0.5, 0.6) is 0 Å². The van der Waals surface area contributed by atoms with E-state index in [0.717, 1.165) is 5.56 Å². The summed E-state index contributed by atoms with van der Waals surface area (Å²) in [5.74, 6) is -2.10. The summed E-state index contributed by atoms with van der Waals surface area (Å²) in [6.07, 6.45) is 0.955. The van der Waals surface area contributed by atoms with E-state index in [0.29, 0.717) is 17.9 Å². The highest BCUT2D eigenvalue weighted by Gasteiger charge is 2.48. The lowest BCUT2D eigenvalue weighted by Crippen LogP contribution is -2.50. The van der Waals surface area contributed by atoms with Crippen molar-refractivity contribution in [3.05, 3.63) is 35.9 Å². The number of hydrogen-bond acceptors (Lipinski definition) is 6. The second kappa shape index (κ2) is 8.43. The quantitative estimate of drug-likeness (QED) is 0.502. The zero-order valence-electron chi connectivity index (χ0n) is 14.6. The molecule has 0 spiro atoms. The maximum Gasteiger partial charge on any atom is 0.344 e. The molecule has 1 fully saturated rings. The van der Waals surface area contributed by atoms with E-state index in [2.05, 4.69) is 20.2 Å². The summed E-state index contributed by atoms with van der Waals surface area (Å²) in [7, 11) is 1.31. The van der Waals surface area contributed by atoms with Crippen molar-refractivity contribution < 1.29 is 28.7 Å². The molecular formula is C17H21N3O6. The third-order valence-electron chi connectivity index (χ3n) is 3.88. The molecule has 1 aromatic carbocycles. The molecule has 1 aromatic rings. The van der Waals surface area contributed by atoms with Crippen LogP contribution in [-0.2, 0) is 30.3 Å². The molecular weight excluding hydrogens is 342 g/mol. The summed E-state index contributed by atoms with van der Waals surface area (Å²) in [6, 6.07) is 8.80. The van der Waals surface area contributed by atoms with Gasteiger partial charge in [0, 0.05) is 7.11 Å². The second-order valence-corrected chi connectivity index (χ2v) is 6.02. The van der Waals surface area contributed by atoms with Crippen molar-refractivity contribution in [2.75, 3.05) is 20.3 Å². The average Bonchev–Trinajstić information content (AvgIpc) is 2.83. The van der Waals surface area contributed by atoms with Crippen molar-refractivity contribution in [2.45, 2.75) is 25.3 Å². The lowest BCUT2D eigenvalue weighted by molar-refractivity contribution is -0.153. The standard InChI is InChI=1S/C17H21N3O6/c1-17(9-8-12-6-4-3-5-7-12)15(23)20(16(24)18-17)19-13(21)10-26-14(22)11-25-2/h3-7H,8-11H2,1-2H3,(H,18,24)(H,19,21)/t17-/m1/s1. The van der Waals surface area contributed by atoms with E-state index < -0.39 is 36.0 Å². The highest BCUT2D eigenvalue weighted by atomic mass is 16.6. The average molecular weight is 363 g/mol. The minimum Gasteiger partial charge on any atom is -0.454 e. The van der Waals surface area contributed by atoms with Gasteiger partial charge in [-0.05, 0) is 25.3 Å². The number of hydrogen-bond donors (Lipinski definition) is 2. The lowest BCUT2D eigenvalue weighted by Gasteiger charge is -2.21. The predicted octanol–water partition coefficient (Wildman–Crippen LogP) is 0.151. The molecule has 0 aliphatic carbocycles. The van der Waals surface area contributed by atoms with E-state index in [9.17, 15) is 19.2 Å². The highest BCUT2D eigenvalue weighted by Crippen LogP contribution is 2.22. The first-order valence-corrected chi connectivity index (χ1v) is 8.00. The van der Waals surface area contributed by atoms with Crippen LogP contribution >= 0.6 is 0 Å². The maximum atomic E-state index is 12.5. The number of rotatable bonds is 8. The SMILES string of the molecule is COCC(=O)OCC(=O)NN1C(=O)N[C@](C)(CCc2ccccc2)C1=O. The predicted molar refractivity (Wildman–Crippen MR) is 89.5 cm³/mol. The maximum absolute atomic E-state index is 12.5. The highest BCUT2D eigenvalue weighted by molar-refractivity contribution is 6.07. The Balaban J connectivity index is 1.90. The Labute approximate surface area is 150 Å². The Morgan fingerprint density at radius 3 is 2.54 bits per heavy atom. The molecule has 9 heteroatoms. The first-order chi connectivity index (χ1) is 12.4. The fraction of sp³-hybridized carbons (Fsp3) is 0.412. The van der Waals surface area contributed by atoms with Crippen molar-refractivity contribution >= 4 is 23.8 Å². The molecule has 1 saturated heterocycles. The molecule has 140 valence electrons. The summed E-state index contributed by atoms with van der Waals surface area (Å²) >= 11 is 0. The molecule has 1 heterocycles. The fourth-order valence-electron chi connectivity index (χ4n) is 2.46. The Morgan fingerprint density at radius 2 is 1.88 bits per heavy atom. The molecule has 2 rings (SSSR count). The van der Waals surface area contributed by atoms with Gasteiger partial charge in [0.15, 0.2) is 6.61 Å². The number of urea groups is 1. The molecule has 0 unspecified atom stereocenters. The van der Waals surface area contributed by atoms with Crippen LogP contribution in [0.25, 0.3) is 0 Å². The second-order valence-electron chi connectivity index (χ2n) is 6.02. The van der Waals surface area contributed by atoms with Crippen LogP contribution in [-0.4, -0.2) is 54.7 Å². The number of benzene rings is 1. The third kappa shape index (κ3) is 4.79. The molecule has 1 atom stereocenters. The Bertz CT molecular complexity index is 693. The summed E-state index contributed by atoms with van der Waals surface area (Å²) in [5.41, 5.74) is 2.04. The first kappa shape index (κ1) is 19.4. The van der Waals surface area contributed by atoms with Crippen LogP contribution < -0.4 is 10.7 Å². The molecule has 0 saturated carbocycles. The first-order valence-electron chi connectivity index (χ1n) is 8.00. The van der Waals surface area contributed by atoms with Crippen molar-refractivity contribution in [3.63, 3.8) is 0 Å². The van der Waals surface area contributed by atoms with Gasteiger partial charge in [-0.1, -0.05) is 30.3 Å². The van der Waals surface area contributed by atoms with Crippen LogP contribution in [0.3, 0.4) is 0 Å². The number of carbonyl (C=O) groups excluding carboxylic acids is 4. The largest absolute Gasteiger partial charge is 0.454 e. The van der Waals surface area contributed by atoms with Crippen LogP contribution in [0.15, 0.2) is 30.3 Å². The van der Waals surface area contributed by atoms with E-state index in [4.69, 9.17) is 0 Å². The summed E-state index contributed by atoms with van der Waals surface area (Å²) in [6.45, 7) is 0.675. The van der Waals surface area contributed by atoms with Gasteiger partial charge in [-0.25, -0.2) is 9.59 Å². The van der Waals surface area contributed by atoms with E-state index >= 15 is 0 Å². The van der Waals surface area contributed by atoms with E-state index in [1.807, 2.05) is 30.3 Å². The van der Waals surface area contributed by atoms with Crippen molar-refractivity contribution in [1.29, 1.82) is 0 Å². The van der Waals surface area contributed by atoms with Gasteiger partial charge in [-0.2, -0.15) is 5.01 Å². The molecule has 2 N–H and O–H groups in total. The van der Waals surface area contributed by atoms with E-state index in [1.165, 1.54) is 7.11 Å². The van der Waals surface area contributed by atoms with Gasteiger partial charge in [-0.15, -0.1) is 0 Å². The fourth-order valence-corrected chi connectivity index (χ4v) is 2.46. The van der Waals surface area contributed by atoms with Crippen molar-refractivity contribution in [1.82, 2.24) is 15.8 Å².